The number of methoxy groups -OCH3 is 1. The molecule has 0 saturated carbocycles. The lowest BCUT2D eigenvalue weighted by molar-refractivity contribution is 0.386. The number of nitrogens with zero attached hydrogens (tertiary/aromatic N) is 2. The van der Waals surface area contributed by atoms with Gasteiger partial charge in [0.05, 0.1) is 12.0 Å². The predicted octanol–water partition coefficient (Wildman–Crippen LogP) is 3.80. The summed E-state index contributed by atoms with van der Waals surface area (Å²) in [6.07, 6.45) is 3.19. The Bertz CT molecular complexity index is 858. The third kappa shape index (κ3) is 3.58. The fourth-order valence-electron chi connectivity index (χ4n) is 2.96. The SMILES string of the molecule is COc1ccc(S(=O)(=O)c2nc(C(C)(C)C)oc2N2CCCCC2)cc1. The van der Waals surface area contributed by atoms with E-state index in [1.165, 1.54) is 0 Å². The topological polar surface area (TPSA) is 72.6 Å². The predicted molar refractivity (Wildman–Crippen MR) is 99.7 cm³/mol. The van der Waals surface area contributed by atoms with Crippen LogP contribution in [0.25, 0.3) is 0 Å². The van der Waals surface area contributed by atoms with E-state index in [1.54, 1.807) is 31.4 Å². The van der Waals surface area contributed by atoms with E-state index in [4.69, 9.17) is 9.15 Å². The lowest BCUT2D eigenvalue weighted by Gasteiger charge is -2.26. The Morgan fingerprint density at radius 1 is 1.08 bits per heavy atom. The van der Waals surface area contributed by atoms with E-state index in [0.29, 0.717) is 17.5 Å². The molecule has 0 spiro atoms. The van der Waals surface area contributed by atoms with Crippen LogP contribution in [0.5, 0.6) is 5.75 Å². The van der Waals surface area contributed by atoms with Crippen molar-refractivity contribution in [3.8, 4) is 5.75 Å². The smallest absolute Gasteiger partial charge is 0.236 e. The first-order chi connectivity index (χ1) is 12.2. The molecule has 26 heavy (non-hydrogen) atoms. The van der Waals surface area contributed by atoms with Crippen molar-refractivity contribution in [3.63, 3.8) is 0 Å². The van der Waals surface area contributed by atoms with Crippen LogP contribution in [0, 0.1) is 0 Å². The van der Waals surface area contributed by atoms with Crippen molar-refractivity contribution in [1.29, 1.82) is 0 Å². The van der Waals surface area contributed by atoms with Crippen molar-refractivity contribution in [2.75, 3.05) is 25.1 Å². The van der Waals surface area contributed by atoms with Gasteiger partial charge in [0.15, 0.2) is 0 Å². The number of hydrogen-bond donors (Lipinski definition) is 0. The van der Waals surface area contributed by atoms with Crippen LogP contribution >= 0.6 is 0 Å². The van der Waals surface area contributed by atoms with E-state index in [-0.39, 0.29) is 15.3 Å². The summed E-state index contributed by atoms with van der Waals surface area (Å²) in [5.41, 5.74) is -0.377. The second kappa shape index (κ2) is 6.95. The zero-order valence-electron chi connectivity index (χ0n) is 15.8. The number of sulfone groups is 1. The van der Waals surface area contributed by atoms with Crippen molar-refractivity contribution < 1.29 is 17.6 Å². The van der Waals surface area contributed by atoms with Gasteiger partial charge in [0.25, 0.3) is 0 Å². The molecule has 0 bridgehead atoms. The van der Waals surface area contributed by atoms with Crippen LogP contribution in [0.4, 0.5) is 5.88 Å². The van der Waals surface area contributed by atoms with Gasteiger partial charge in [-0.1, -0.05) is 20.8 Å². The van der Waals surface area contributed by atoms with Crippen LogP contribution in [0.2, 0.25) is 0 Å². The van der Waals surface area contributed by atoms with Gasteiger partial charge < -0.3 is 14.1 Å². The van der Waals surface area contributed by atoms with Gasteiger partial charge >= 0.3 is 0 Å². The minimum absolute atomic E-state index is 0.00879. The van der Waals surface area contributed by atoms with Crippen molar-refractivity contribution >= 4 is 15.7 Å². The maximum atomic E-state index is 13.2. The molecule has 2 aromatic rings. The summed E-state index contributed by atoms with van der Waals surface area (Å²) in [5, 5.41) is 0.00879. The zero-order valence-corrected chi connectivity index (χ0v) is 16.6. The Hall–Kier alpha value is -2.02. The highest BCUT2D eigenvalue weighted by molar-refractivity contribution is 7.91. The summed E-state index contributed by atoms with van der Waals surface area (Å²) in [7, 11) is -2.24. The molecule has 1 aromatic heterocycles. The number of oxazole rings is 1. The molecule has 0 N–H and O–H groups in total. The largest absolute Gasteiger partial charge is 0.497 e. The average molecular weight is 378 g/mol. The molecule has 0 unspecified atom stereocenters. The van der Waals surface area contributed by atoms with Crippen LogP contribution < -0.4 is 9.64 Å². The molecule has 3 rings (SSSR count). The lowest BCUT2D eigenvalue weighted by atomic mass is 9.97. The Morgan fingerprint density at radius 3 is 2.23 bits per heavy atom. The molecule has 6 nitrogen and oxygen atoms in total. The molecule has 1 saturated heterocycles. The van der Waals surface area contributed by atoms with Gasteiger partial charge in [-0.2, -0.15) is 4.98 Å². The first-order valence-corrected chi connectivity index (χ1v) is 10.4. The zero-order chi connectivity index (χ0) is 18.9. The van der Waals surface area contributed by atoms with Crippen molar-refractivity contribution in [2.24, 2.45) is 0 Å². The Balaban J connectivity index is 2.10. The van der Waals surface area contributed by atoms with Crippen molar-refractivity contribution in [1.82, 2.24) is 4.98 Å². The van der Waals surface area contributed by atoms with Crippen LogP contribution in [0.3, 0.4) is 0 Å². The first kappa shape index (κ1) is 18.8. The fourth-order valence-corrected chi connectivity index (χ4v) is 4.28. The molecular weight excluding hydrogens is 352 g/mol. The Kier molecular flexibility index (Phi) is 5.01. The molecule has 2 heterocycles. The minimum Gasteiger partial charge on any atom is -0.497 e. The Labute approximate surface area is 155 Å². The average Bonchev–Trinajstić information content (AvgIpc) is 3.09. The fraction of sp³-hybridized carbons (Fsp3) is 0.526. The van der Waals surface area contributed by atoms with Gasteiger partial charge in [0.1, 0.15) is 5.75 Å². The van der Waals surface area contributed by atoms with Gasteiger partial charge in [-0.25, -0.2) is 8.42 Å². The number of ether oxygens (including phenoxy) is 1. The first-order valence-electron chi connectivity index (χ1n) is 8.89. The van der Waals surface area contributed by atoms with Crippen LogP contribution in [0.1, 0.15) is 45.9 Å². The van der Waals surface area contributed by atoms with Crippen molar-refractivity contribution in [2.45, 2.75) is 55.4 Å². The van der Waals surface area contributed by atoms with Gasteiger partial charge in [0.2, 0.25) is 26.6 Å². The molecule has 0 atom stereocenters. The van der Waals surface area contributed by atoms with E-state index in [2.05, 4.69) is 4.98 Å². The number of aromatic nitrogens is 1. The molecule has 0 amide bonds. The molecule has 0 radical (unpaired) electrons. The van der Waals surface area contributed by atoms with Gasteiger partial charge in [-0.3, -0.25) is 0 Å². The highest BCUT2D eigenvalue weighted by Gasteiger charge is 2.34. The van der Waals surface area contributed by atoms with E-state index >= 15 is 0 Å². The molecule has 0 aliphatic carbocycles. The summed E-state index contributed by atoms with van der Waals surface area (Å²) in [4.78, 5) is 6.61. The summed E-state index contributed by atoms with van der Waals surface area (Å²) in [6.45, 7) is 7.45. The quantitative estimate of drug-likeness (QED) is 0.806. The van der Waals surface area contributed by atoms with E-state index in [0.717, 1.165) is 32.4 Å². The third-order valence-electron chi connectivity index (χ3n) is 4.49. The number of anilines is 1. The summed E-state index contributed by atoms with van der Waals surface area (Å²) in [6, 6.07) is 6.36. The van der Waals surface area contributed by atoms with E-state index in [1.807, 2.05) is 25.7 Å². The molecule has 7 heteroatoms. The molecule has 1 aliphatic rings. The molecule has 142 valence electrons. The maximum Gasteiger partial charge on any atom is 0.236 e. The van der Waals surface area contributed by atoms with Gasteiger partial charge in [-0.05, 0) is 43.5 Å². The summed E-state index contributed by atoms with van der Waals surface area (Å²) >= 11 is 0. The number of hydrogen-bond acceptors (Lipinski definition) is 6. The number of rotatable bonds is 4. The lowest BCUT2D eigenvalue weighted by Crippen LogP contribution is -2.30. The highest BCUT2D eigenvalue weighted by atomic mass is 32.2. The maximum absolute atomic E-state index is 13.2. The van der Waals surface area contributed by atoms with Crippen LogP contribution in [-0.4, -0.2) is 33.6 Å². The van der Waals surface area contributed by atoms with E-state index < -0.39 is 9.84 Å². The van der Waals surface area contributed by atoms with Gasteiger partial charge in [0, 0.05) is 18.5 Å². The summed E-state index contributed by atoms with van der Waals surface area (Å²) in [5.74, 6) is 1.41. The van der Waals surface area contributed by atoms with E-state index in [9.17, 15) is 8.42 Å². The number of benzene rings is 1. The minimum atomic E-state index is -3.79. The molecule has 1 fully saturated rings. The molecule has 1 aliphatic heterocycles. The van der Waals surface area contributed by atoms with Crippen LogP contribution in [0.15, 0.2) is 38.6 Å². The van der Waals surface area contributed by atoms with Crippen LogP contribution in [-0.2, 0) is 15.3 Å². The standard InChI is InChI=1S/C19H26N2O4S/c1-19(2,3)18-20-16(17(25-18)21-12-6-5-7-13-21)26(22,23)15-10-8-14(24-4)9-11-15/h8-11H,5-7,12-13H2,1-4H3. The van der Waals surface area contributed by atoms with Gasteiger partial charge in [-0.15, -0.1) is 0 Å². The molecule has 1 aromatic carbocycles. The molecular formula is C19H26N2O4S. The second-order valence-corrected chi connectivity index (χ2v) is 9.47. The van der Waals surface area contributed by atoms with Crippen molar-refractivity contribution in [3.05, 3.63) is 30.2 Å². The third-order valence-corrected chi connectivity index (χ3v) is 6.16. The summed E-state index contributed by atoms with van der Waals surface area (Å²) < 4.78 is 37.6. The highest BCUT2D eigenvalue weighted by Crippen LogP contribution is 2.36. The number of piperidine rings is 1. The normalized spacial score (nSPS) is 15.9. The Morgan fingerprint density at radius 2 is 1.69 bits per heavy atom. The second-order valence-electron chi connectivity index (χ2n) is 7.61. The monoisotopic (exact) mass is 378 g/mol.